The number of nitrogen functional groups attached to an aromatic ring is 1. The molecule has 0 aromatic heterocycles. The van der Waals surface area contributed by atoms with Gasteiger partial charge in [0, 0.05) is 16.9 Å². The van der Waals surface area contributed by atoms with E-state index in [2.05, 4.69) is 0 Å². The molecule has 0 heterocycles. The maximum Gasteiger partial charge on any atom is 0.292 e. The number of nitro benzene ring substituents is 1. The second-order valence-corrected chi connectivity index (χ2v) is 1.82. The first-order chi connectivity index (χ1) is 5.72. The average molecular weight is 203 g/mol. The number of halogens is 1. The summed E-state index contributed by atoms with van der Waals surface area (Å²) in [6, 6.07) is 6.10. The third-order valence-corrected chi connectivity index (χ3v) is 1.13. The molecule has 2 N–H and O–H groups in total. The van der Waals surface area contributed by atoms with Gasteiger partial charge in [-0.15, -0.1) is 12.4 Å². The van der Waals surface area contributed by atoms with Crippen LogP contribution in [0.3, 0.4) is 0 Å². The van der Waals surface area contributed by atoms with Gasteiger partial charge in [0.05, 0.1) is 4.92 Å². The van der Waals surface area contributed by atoms with Gasteiger partial charge in [0.2, 0.25) is 0 Å². The predicted octanol–water partition coefficient (Wildman–Crippen LogP) is 1.63. The first-order valence-electron chi connectivity index (χ1n) is 2.90. The van der Waals surface area contributed by atoms with Gasteiger partial charge in [-0.1, -0.05) is 12.1 Å². The fourth-order valence-electron chi connectivity index (χ4n) is 0.654. The molecule has 0 amide bonds. The minimum absolute atomic E-state index is 0. The quantitative estimate of drug-likeness (QED) is 0.321. The molecule has 0 spiro atoms. The number of rotatable bonds is 1. The molecule has 0 aliphatic heterocycles. The van der Waals surface area contributed by atoms with Crippen LogP contribution in [0.1, 0.15) is 0 Å². The van der Waals surface area contributed by atoms with Crippen molar-refractivity contribution >= 4 is 23.8 Å². The molecule has 0 radical (unpaired) electrons. The molecule has 7 heteroatoms. The number of para-hydroxylation sites is 2. The highest BCUT2D eigenvalue weighted by Crippen LogP contribution is 2.18. The second kappa shape index (κ2) is 6.82. The third kappa shape index (κ3) is 3.88. The summed E-state index contributed by atoms with van der Waals surface area (Å²) in [5.74, 6) is 0. The van der Waals surface area contributed by atoms with Gasteiger partial charge in [0.15, 0.2) is 0 Å². The Morgan fingerprint density at radius 2 is 1.77 bits per heavy atom. The van der Waals surface area contributed by atoms with Crippen molar-refractivity contribution in [1.82, 2.24) is 0 Å². The number of nitrogens with two attached hydrogens (primary N) is 1. The number of nitro groups is 1. The molecule has 0 saturated carbocycles. The van der Waals surface area contributed by atoms with Crippen LogP contribution >= 0.6 is 12.4 Å². The van der Waals surface area contributed by atoms with Gasteiger partial charge < -0.3 is 5.73 Å². The van der Waals surface area contributed by atoms with Gasteiger partial charge in [-0.05, 0) is 6.07 Å². The van der Waals surface area contributed by atoms with Crippen molar-refractivity contribution in [3.8, 4) is 0 Å². The van der Waals surface area contributed by atoms with Crippen molar-refractivity contribution in [2.75, 3.05) is 5.73 Å². The van der Waals surface area contributed by atoms with E-state index in [1.54, 1.807) is 12.1 Å². The van der Waals surface area contributed by atoms with Crippen LogP contribution < -0.4 is 5.73 Å². The largest absolute Gasteiger partial charge is 0.393 e. The van der Waals surface area contributed by atoms with Gasteiger partial charge in [-0.25, -0.2) is 0 Å². The average Bonchev–Trinajstić information content (AvgIpc) is 2.08. The molecular weight excluding hydrogens is 196 g/mol. The lowest BCUT2D eigenvalue weighted by Gasteiger charge is -1.92. The number of anilines is 1. The Labute approximate surface area is 80.3 Å². The highest BCUT2D eigenvalue weighted by Gasteiger charge is 2.07. The van der Waals surface area contributed by atoms with Crippen LogP contribution in [0, 0.1) is 20.9 Å². The van der Waals surface area contributed by atoms with Crippen molar-refractivity contribution in [2.24, 2.45) is 0 Å². The first-order valence-corrected chi connectivity index (χ1v) is 2.90. The lowest BCUT2D eigenvalue weighted by molar-refractivity contribution is -0.383. The normalized spacial score (nSPS) is 7.23. The van der Waals surface area contributed by atoms with Crippen LogP contribution in [0.15, 0.2) is 24.3 Å². The summed E-state index contributed by atoms with van der Waals surface area (Å²) in [4.78, 5) is 9.64. The zero-order chi connectivity index (χ0) is 9.56. The van der Waals surface area contributed by atoms with Crippen molar-refractivity contribution in [3.63, 3.8) is 0 Å². The van der Waals surface area contributed by atoms with Crippen LogP contribution in [0.2, 0.25) is 0 Å². The Hall–Kier alpha value is -1.87. The Morgan fingerprint density at radius 1 is 1.31 bits per heavy atom. The first kappa shape index (κ1) is 13.7. The fourth-order valence-corrected chi connectivity index (χ4v) is 0.654. The molecule has 0 aliphatic rings. The maximum absolute atomic E-state index is 10.1. The van der Waals surface area contributed by atoms with E-state index in [-0.39, 0.29) is 23.8 Å². The second-order valence-electron chi connectivity index (χ2n) is 1.82. The monoisotopic (exact) mass is 202 g/mol. The van der Waals surface area contributed by atoms with Crippen molar-refractivity contribution in [2.45, 2.75) is 0 Å². The van der Waals surface area contributed by atoms with Crippen molar-refractivity contribution in [3.05, 3.63) is 34.4 Å². The highest BCUT2D eigenvalue weighted by atomic mass is 35.5. The van der Waals surface area contributed by atoms with Crippen LogP contribution in [0.4, 0.5) is 11.4 Å². The summed E-state index contributed by atoms with van der Waals surface area (Å²) < 4.78 is 0. The molecule has 1 rings (SSSR count). The molecule has 0 unspecified atom stereocenters. The third-order valence-electron chi connectivity index (χ3n) is 1.13. The summed E-state index contributed by atoms with van der Waals surface area (Å²) in [5, 5.41) is 22.1. The van der Waals surface area contributed by atoms with E-state index in [0.717, 1.165) is 0 Å². The van der Waals surface area contributed by atoms with E-state index in [0.29, 0.717) is 0 Å². The number of hydrogen-bond acceptors (Lipinski definition) is 5. The lowest BCUT2D eigenvalue weighted by atomic mass is 10.3. The van der Waals surface area contributed by atoms with Gasteiger partial charge in [0.1, 0.15) is 5.69 Å². The predicted molar refractivity (Wildman–Crippen MR) is 48.2 cm³/mol. The number of nitrogens with zero attached hydrogens (tertiary/aromatic N) is 3. The number of hydrogen-bond donors (Lipinski definition) is 1. The van der Waals surface area contributed by atoms with Crippen LogP contribution in [0.25, 0.3) is 0 Å². The fraction of sp³-hybridized carbons (Fsp3) is 0. The smallest absolute Gasteiger partial charge is 0.292 e. The van der Waals surface area contributed by atoms with Crippen LogP contribution in [-0.4, -0.2) is 4.92 Å². The maximum atomic E-state index is 10.1. The molecule has 70 valence electrons. The Morgan fingerprint density at radius 3 is 2.08 bits per heavy atom. The summed E-state index contributed by atoms with van der Waals surface area (Å²) in [6.45, 7) is 0. The van der Waals surface area contributed by atoms with Crippen LogP contribution in [0.5, 0.6) is 0 Å². The van der Waals surface area contributed by atoms with Gasteiger partial charge in [-0.2, -0.15) is 0 Å². The zero-order valence-electron chi connectivity index (χ0n) is 6.45. The molecule has 0 aliphatic carbocycles. The minimum atomic E-state index is -0.505. The highest BCUT2D eigenvalue weighted by molar-refractivity contribution is 5.85. The lowest BCUT2D eigenvalue weighted by Crippen LogP contribution is -1.93. The zero-order valence-corrected chi connectivity index (χ0v) is 7.27. The van der Waals surface area contributed by atoms with Gasteiger partial charge in [0.25, 0.3) is 5.69 Å². The summed E-state index contributed by atoms with van der Waals surface area (Å²) in [7, 11) is 0. The van der Waals surface area contributed by atoms with E-state index in [1.807, 2.05) is 0 Å². The Bertz CT molecular complexity index is 302. The molecule has 0 saturated heterocycles. The van der Waals surface area contributed by atoms with Gasteiger partial charge in [-0.3, -0.25) is 10.1 Å². The van der Waals surface area contributed by atoms with E-state index in [1.165, 1.54) is 12.1 Å². The molecular formula is C6H7ClN4O2. The Balaban J connectivity index is 0. The van der Waals surface area contributed by atoms with Crippen LogP contribution in [-0.2, 0) is 0 Å². The summed E-state index contributed by atoms with van der Waals surface area (Å²) in [5.41, 5.74) is 5.44. The standard InChI is InChI=1S/C6H6N2O2.ClH.N2/c7-5-3-1-2-4-6(5)8(9)10;;1-2/h1-4H,7H2;1H;. The summed E-state index contributed by atoms with van der Waals surface area (Å²) in [6.07, 6.45) is 0. The molecule has 0 bridgehead atoms. The molecule has 1 aromatic carbocycles. The molecule has 1 aromatic rings. The molecule has 13 heavy (non-hydrogen) atoms. The topological polar surface area (TPSA) is 117 Å². The molecule has 6 nitrogen and oxygen atoms in total. The minimum Gasteiger partial charge on any atom is -0.393 e. The summed E-state index contributed by atoms with van der Waals surface area (Å²) >= 11 is 0. The van der Waals surface area contributed by atoms with E-state index < -0.39 is 4.92 Å². The van der Waals surface area contributed by atoms with E-state index >= 15 is 0 Å². The van der Waals surface area contributed by atoms with E-state index in [9.17, 15) is 10.1 Å². The van der Waals surface area contributed by atoms with E-state index in [4.69, 9.17) is 16.5 Å². The van der Waals surface area contributed by atoms with Crippen molar-refractivity contribution < 1.29 is 4.92 Å². The SMILES string of the molecule is Cl.N#N.Nc1ccccc1[N+](=O)[O-]. The van der Waals surface area contributed by atoms with Crippen molar-refractivity contribution in [1.29, 1.82) is 10.8 Å². The van der Waals surface area contributed by atoms with Gasteiger partial charge >= 0.3 is 0 Å². The Kier molecular flexibility index (Phi) is 7.18. The number of benzene rings is 1. The molecule has 0 atom stereocenters. The molecule has 0 fully saturated rings.